The van der Waals surface area contributed by atoms with Gasteiger partial charge in [0.2, 0.25) is 0 Å². The minimum atomic E-state index is -0.229. The molecule has 0 aliphatic carbocycles. The van der Waals surface area contributed by atoms with Gasteiger partial charge >= 0.3 is 12.0 Å². The summed E-state index contributed by atoms with van der Waals surface area (Å²) in [5.41, 5.74) is 0. The van der Waals surface area contributed by atoms with Crippen LogP contribution in [0.25, 0.3) is 0 Å². The van der Waals surface area contributed by atoms with Crippen LogP contribution in [0, 0.1) is 0 Å². The van der Waals surface area contributed by atoms with E-state index in [1.165, 1.54) is 7.11 Å². The second-order valence-corrected chi connectivity index (χ2v) is 4.02. The van der Waals surface area contributed by atoms with Crippen molar-refractivity contribution >= 4 is 12.0 Å². The molecule has 1 aliphatic heterocycles. The molecular formula is C10H19N3O3. The Balaban J connectivity index is 2.34. The van der Waals surface area contributed by atoms with Crippen molar-refractivity contribution in [3.63, 3.8) is 0 Å². The molecule has 2 amide bonds. The van der Waals surface area contributed by atoms with Gasteiger partial charge in [0.05, 0.1) is 13.7 Å². The average Bonchev–Trinajstić information content (AvgIpc) is 2.28. The third-order valence-electron chi connectivity index (χ3n) is 2.61. The fourth-order valence-electron chi connectivity index (χ4n) is 1.63. The maximum absolute atomic E-state index is 11.6. The molecule has 6 heteroatoms. The number of hydrogen-bond donors (Lipinski definition) is 0. The average molecular weight is 229 g/mol. The van der Waals surface area contributed by atoms with Crippen LogP contribution in [0.15, 0.2) is 0 Å². The number of hydrogen-bond acceptors (Lipinski definition) is 4. The molecule has 92 valence electrons. The lowest BCUT2D eigenvalue weighted by atomic mass is 10.3. The van der Waals surface area contributed by atoms with Gasteiger partial charge in [-0.25, -0.2) is 4.79 Å². The van der Waals surface area contributed by atoms with E-state index < -0.39 is 0 Å². The number of urea groups is 1. The van der Waals surface area contributed by atoms with E-state index in [0.29, 0.717) is 32.7 Å². The van der Waals surface area contributed by atoms with Crippen LogP contribution in [0.2, 0.25) is 0 Å². The number of piperazine rings is 1. The van der Waals surface area contributed by atoms with E-state index in [4.69, 9.17) is 0 Å². The van der Waals surface area contributed by atoms with Crippen molar-refractivity contribution in [1.82, 2.24) is 14.7 Å². The molecule has 0 aromatic carbocycles. The molecule has 0 atom stereocenters. The van der Waals surface area contributed by atoms with Gasteiger partial charge in [-0.3, -0.25) is 9.69 Å². The first-order chi connectivity index (χ1) is 7.54. The standard InChI is InChI=1S/C10H19N3O3/c1-11(2)10(15)13-6-4-12(5-7-13)8-9(14)16-3/h4-8H2,1-3H3. The van der Waals surface area contributed by atoms with Crippen LogP contribution in [0.4, 0.5) is 4.79 Å². The van der Waals surface area contributed by atoms with Crippen molar-refractivity contribution in [3.8, 4) is 0 Å². The zero-order valence-electron chi connectivity index (χ0n) is 10.1. The van der Waals surface area contributed by atoms with Crippen molar-refractivity contribution in [2.75, 3.05) is 53.9 Å². The molecule has 1 saturated heterocycles. The number of rotatable bonds is 2. The highest BCUT2D eigenvalue weighted by Gasteiger charge is 2.23. The lowest BCUT2D eigenvalue weighted by molar-refractivity contribution is -0.142. The second kappa shape index (κ2) is 5.69. The summed E-state index contributed by atoms with van der Waals surface area (Å²) in [6.07, 6.45) is 0. The Bertz CT molecular complexity index is 260. The molecule has 6 nitrogen and oxygen atoms in total. The Kier molecular flexibility index (Phi) is 4.54. The van der Waals surface area contributed by atoms with E-state index in [0.717, 1.165) is 0 Å². The van der Waals surface area contributed by atoms with Crippen LogP contribution in [0.3, 0.4) is 0 Å². The van der Waals surface area contributed by atoms with Crippen LogP contribution in [-0.4, -0.2) is 80.6 Å². The Labute approximate surface area is 95.7 Å². The first-order valence-corrected chi connectivity index (χ1v) is 5.30. The number of carbonyl (C=O) groups excluding carboxylic acids is 2. The molecule has 1 rings (SSSR count). The van der Waals surface area contributed by atoms with Gasteiger partial charge in [0.15, 0.2) is 0 Å². The van der Waals surface area contributed by atoms with Crippen molar-refractivity contribution in [2.24, 2.45) is 0 Å². The van der Waals surface area contributed by atoms with Gasteiger partial charge in [0, 0.05) is 40.3 Å². The SMILES string of the molecule is COC(=O)CN1CCN(C(=O)N(C)C)CC1. The minimum absolute atomic E-state index is 0.0257. The van der Waals surface area contributed by atoms with Gasteiger partial charge in [0.1, 0.15) is 0 Å². The third-order valence-corrected chi connectivity index (χ3v) is 2.61. The second-order valence-electron chi connectivity index (χ2n) is 4.02. The molecule has 0 N–H and O–H groups in total. The summed E-state index contributed by atoms with van der Waals surface area (Å²) in [6.45, 7) is 3.06. The van der Waals surface area contributed by atoms with Crippen LogP contribution in [0.1, 0.15) is 0 Å². The van der Waals surface area contributed by atoms with Crippen LogP contribution in [-0.2, 0) is 9.53 Å². The fraction of sp³-hybridized carbons (Fsp3) is 0.800. The normalized spacial score (nSPS) is 17.1. The fourth-order valence-corrected chi connectivity index (χ4v) is 1.63. The Morgan fingerprint density at radius 3 is 2.19 bits per heavy atom. The van der Waals surface area contributed by atoms with Crippen LogP contribution >= 0.6 is 0 Å². The lowest BCUT2D eigenvalue weighted by Gasteiger charge is -2.35. The first-order valence-electron chi connectivity index (χ1n) is 5.30. The summed E-state index contributed by atoms with van der Waals surface area (Å²) >= 11 is 0. The number of methoxy groups -OCH3 is 1. The maximum Gasteiger partial charge on any atom is 0.319 e. The van der Waals surface area contributed by atoms with E-state index >= 15 is 0 Å². The number of carbonyl (C=O) groups is 2. The van der Waals surface area contributed by atoms with Crippen molar-refractivity contribution < 1.29 is 14.3 Å². The topological polar surface area (TPSA) is 53.1 Å². The van der Waals surface area contributed by atoms with Crippen molar-refractivity contribution in [1.29, 1.82) is 0 Å². The first kappa shape index (κ1) is 12.8. The van der Waals surface area contributed by atoms with E-state index in [2.05, 4.69) is 4.74 Å². The molecule has 0 aromatic rings. The summed E-state index contributed by atoms with van der Waals surface area (Å²) in [5, 5.41) is 0. The molecule has 1 aliphatic rings. The highest BCUT2D eigenvalue weighted by atomic mass is 16.5. The largest absolute Gasteiger partial charge is 0.468 e. The summed E-state index contributed by atoms with van der Waals surface area (Å²) < 4.78 is 4.60. The lowest BCUT2D eigenvalue weighted by Crippen LogP contribution is -2.52. The number of nitrogens with zero attached hydrogens (tertiary/aromatic N) is 3. The maximum atomic E-state index is 11.6. The van der Waals surface area contributed by atoms with E-state index in [1.54, 1.807) is 23.9 Å². The third kappa shape index (κ3) is 3.37. The zero-order chi connectivity index (χ0) is 12.1. The van der Waals surface area contributed by atoms with Crippen LogP contribution in [0.5, 0.6) is 0 Å². The highest BCUT2D eigenvalue weighted by molar-refractivity contribution is 5.74. The zero-order valence-corrected chi connectivity index (χ0v) is 10.1. The Hall–Kier alpha value is -1.30. The monoisotopic (exact) mass is 229 g/mol. The molecule has 1 fully saturated rings. The predicted octanol–water partition coefficient (Wildman–Crippen LogP) is -0.541. The Morgan fingerprint density at radius 2 is 1.75 bits per heavy atom. The summed E-state index contributed by atoms with van der Waals surface area (Å²) in [7, 11) is 4.86. The minimum Gasteiger partial charge on any atom is -0.468 e. The molecule has 0 aromatic heterocycles. The Morgan fingerprint density at radius 1 is 1.19 bits per heavy atom. The summed E-state index contributed by atoms with van der Waals surface area (Å²) in [4.78, 5) is 28.0. The summed E-state index contributed by atoms with van der Waals surface area (Å²) in [6, 6.07) is 0.0257. The van der Waals surface area contributed by atoms with Crippen molar-refractivity contribution in [3.05, 3.63) is 0 Å². The van der Waals surface area contributed by atoms with Gasteiger partial charge in [-0.1, -0.05) is 0 Å². The van der Waals surface area contributed by atoms with Crippen LogP contribution < -0.4 is 0 Å². The number of ether oxygens (including phenoxy) is 1. The van der Waals surface area contributed by atoms with E-state index in [9.17, 15) is 9.59 Å². The van der Waals surface area contributed by atoms with Crippen molar-refractivity contribution in [2.45, 2.75) is 0 Å². The van der Waals surface area contributed by atoms with E-state index in [1.807, 2.05) is 4.90 Å². The van der Waals surface area contributed by atoms with Gasteiger partial charge in [-0.2, -0.15) is 0 Å². The smallest absolute Gasteiger partial charge is 0.319 e. The molecule has 0 radical (unpaired) electrons. The van der Waals surface area contributed by atoms with Gasteiger partial charge in [-0.05, 0) is 0 Å². The molecule has 16 heavy (non-hydrogen) atoms. The molecule has 0 unspecified atom stereocenters. The molecule has 0 spiro atoms. The molecular weight excluding hydrogens is 210 g/mol. The van der Waals surface area contributed by atoms with Gasteiger partial charge in [-0.15, -0.1) is 0 Å². The highest BCUT2D eigenvalue weighted by Crippen LogP contribution is 2.03. The van der Waals surface area contributed by atoms with E-state index in [-0.39, 0.29) is 12.0 Å². The number of esters is 1. The quantitative estimate of drug-likeness (QED) is 0.597. The predicted molar refractivity (Wildman–Crippen MR) is 59.1 cm³/mol. The summed E-state index contributed by atoms with van der Waals surface area (Å²) in [5.74, 6) is -0.229. The van der Waals surface area contributed by atoms with Gasteiger partial charge in [0.25, 0.3) is 0 Å². The van der Waals surface area contributed by atoms with Gasteiger partial charge < -0.3 is 14.5 Å². The number of amides is 2. The molecule has 0 bridgehead atoms. The molecule has 1 heterocycles. The molecule has 0 saturated carbocycles.